The minimum Gasteiger partial charge on any atom is -0.495 e. The molecule has 0 bridgehead atoms. The molecule has 1 aromatic rings. The van der Waals surface area contributed by atoms with Gasteiger partial charge in [0.05, 0.1) is 11.6 Å². The lowest BCUT2D eigenvalue weighted by Gasteiger charge is -2.21. The van der Waals surface area contributed by atoms with E-state index in [1.54, 1.807) is 6.07 Å². The fourth-order valence-corrected chi connectivity index (χ4v) is 1.95. The van der Waals surface area contributed by atoms with Crippen LogP contribution in [0.15, 0.2) is 16.6 Å². The lowest BCUT2D eigenvalue weighted by molar-refractivity contribution is 0.392. The molecule has 84 valence electrons. The van der Waals surface area contributed by atoms with E-state index in [4.69, 9.17) is 10.5 Å². The third kappa shape index (κ3) is 3.18. The molecule has 2 N–H and O–H groups in total. The Hall–Kier alpha value is -0.610. The van der Waals surface area contributed by atoms with Crippen LogP contribution < -0.4 is 10.5 Å². The number of hydrogen-bond acceptors (Lipinski definition) is 2. The molecule has 0 saturated heterocycles. The van der Waals surface area contributed by atoms with Crippen LogP contribution in [0.5, 0.6) is 5.75 Å². The van der Waals surface area contributed by atoms with Crippen molar-refractivity contribution in [2.75, 3.05) is 7.11 Å². The van der Waals surface area contributed by atoms with E-state index < -0.39 is 5.54 Å². The molecular weight excluding hydrogens is 261 g/mol. The molecule has 0 radical (unpaired) electrons. The zero-order valence-electron chi connectivity index (χ0n) is 9.10. The quantitative estimate of drug-likeness (QED) is 0.921. The number of ether oxygens (including phenoxy) is 1. The Morgan fingerprint density at radius 1 is 1.47 bits per heavy atom. The predicted molar refractivity (Wildman–Crippen MR) is 62.6 cm³/mol. The van der Waals surface area contributed by atoms with Crippen molar-refractivity contribution in [1.29, 1.82) is 0 Å². The molecule has 0 amide bonds. The van der Waals surface area contributed by atoms with Crippen molar-refractivity contribution >= 4 is 15.9 Å². The topological polar surface area (TPSA) is 35.2 Å². The Kier molecular flexibility index (Phi) is 3.73. The zero-order chi connectivity index (χ0) is 11.6. The SMILES string of the molecule is COc1c(Br)ccc(F)c1CC(C)(C)N. The van der Waals surface area contributed by atoms with Crippen LogP contribution in [0.2, 0.25) is 0 Å². The summed E-state index contributed by atoms with van der Waals surface area (Å²) in [6.07, 6.45) is 0.432. The number of nitrogens with two attached hydrogens (primary N) is 1. The van der Waals surface area contributed by atoms with Gasteiger partial charge in [-0.15, -0.1) is 0 Å². The van der Waals surface area contributed by atoms with Crippen LogP contribution in [-0.4, -0.2) is 12.6 Å². The number of methoxy groups -OCH3 is 1. The minimum atomic E-state index is -0.463. The van der Waals surface area contributed by atoms with Crippen molar-refractivity contribution in [3.63, 3.8) is 0 Å². The Labute approximate surface area is 97.7 Å². The van der Waals surface area contributed by atoms with Gasteiger partial charge in [0.1, 0.15) is 11.6 Å². The molecule has 0 unspecified atom stereocenters. The normalized spacial score (nSPS) is 11.6. The van der Waals surface area contributed by atoms with Crippen LogP contribution in [0.1, 0.15) is 19.4 Å². The van der Waals surface area contributed by atoms with Crippen molar-refractivity contribution in [3.05, 3.63) is 28.0 Å². The average Bonchev–Trinajstić information content (AvgIpc) is 2.10. The van der Waals surface area contributed by atoms with Crippen LogP contribution in [0, 0.1) is 5.82 Å². The molecule has 1 aromatic carbocycles. The van der Waals surface area contributed by atoms with E-state index in [2.05, 4.69) is 15.9 Å². The van der Waals surface area contributed by atoms with E-state index in [1.807, 2.05) is 13.8 Å². The van der Waals surface area contributed by atoms with E-state index in [1.165, 1.54) is 13.2 Å². The van der Waals surface area contributed by atoms with Crippen LogP contribution in [0.25, 0.3) is 0 Å². The van der Waals surface area contributed by atoms with Gasteiger partial charge in [0.15, 0.2) is 0 Å². The molecule has 15 heavy (non-hydrogen) atoms. The Morgan fingerprint density at radius 3 is 2.53 bits per heavy atom. The molecule has 4 heteroatoms. The summed E-state index contributed by atoms with van der Waals surface area (Å²) in [7, 11) is 1.52. The van der Waals surface area contributed by atoms with E-state index in [0.717, 1.165) is 4.47 Å². The molecule has 0 saturated carbocycles. The van der Waals surface area contributed by atoms with Crippen LogP contribution in [-0.2, 0) is 6.42 Å². The van der Waals surface area contributed by atoms with Crippen molar-refractivity contribution < 1.29 is 9.13 Å². The summed E-state index contributed by atoms with van der Waals surface area (Å²) in [4.78, 5) is 0. The van der Waals surface area contributed by atoms with E-state index in [-0.39, 0.29) is 5.82 Å². The highest BCUT2D eigenvalue weighted by molar-refractivity contribution is 9.10. The third-order valence-corrected chi connectivity index (χ3v) is 2.62. The summed E-state index contributed by atoms with van der Waals surface area (Å²) in [6, 6.07) is 3.04. The summed E-state index contributed by atoms with van der Waals surface area (Å²) in [6.45, 7) is 3.71. The van der Waals surface area contributed by atoms with Crippen molar-refractivity contribution in [1.82, 2.24) is 0 Å². The van der Waals surface area contributed by atoms with E-state index in [9.17, 15) is 4.39 Å². The fourth-order valence-electron chi connectivity index (χ4n) is 1.42. The molecule has 0 aromatic heterocycles. The van der Waals surface area contributed by atoms with Crippen molar-refractivity contribution in [2.24, 2.45) is 5.73 Å². The molecule has 0 fully saturated rings. The summed E-state index contributed by atoms with van der Waals surface area (Å²) < 4.78 is 19.5. The third-order valence-electron chi connectivity index (χ3n) is 1.99. The lowest BCUT2D eigenvalue weighted by atomic mass is 9.95. The number of halogens is 2. The Balaban J connectivity index is 3.20. The van der Waals surface area contributed by atoms with E-state index in [0.29, 0.717) is 17.7 Å². The number of rotatable bonds is 3. The van der Waals surface area contributed by atoms with Gasteiger partial charge in [0, 0.05) is 11.1 Å². The Bertz CT molecular complexity index is 360. The van der Waals surface area contributed by atoms with Gasteiger partial charge >= 0.3 is 0 Å². The van der Waals surface area contributed by atoms with Gasteiger partial charge in [0.2, 0.25) is 0 Å². The first-order valence-corrected chi connectivity index (χ1v) is 5.44. The first-order valence-electron chi connectivity index (χ1n) is 4.65. The molecule has 1 rings (SSSR count). The molecule has 0 aliphatic rings. The highest BCUT2D eigenvalue weighted by Crippen LogP contribution is 2.32. The molecule has 0 spiro atoms. The van der Waals surface area contributed by atoms with Crippen LogP contribution in [0.3, 0.4) is 0 Å². The molecule has 0 heterocycles. The number of benzene rings is 1. The second-order valence-corrected chi connectivity index (χ2v) is 5.06. The van der Waals surface area contributed by atoms with Gasteiger partial charge in [-0.05, 0) is 48.3 Å². The zero-order valence-corrected chi connectivity index (χ0v) is 10.7. The molecule has 0 atom stereocenters. The first-order chi connectivity index (χ1) is 6.85. The second-order valence-electron chi connectivity index (χ2n) is 4.21. The molecule has 0 aliphatic carbocycles. The Morgan fingerprint density at radius 2 is 2.07 bits per heavy atom. The van der Waals surface area contributed by atoms with Crippen LogP contribution >= 0.6 is 15.9 Å². The summed E-state index contributed by atoms with van der Waals surface area (Å²) in [5.74, 6) is 0.238. The highest BCUT2D eigenvalue weighted by atomic mass is 79.9. The lowest BCUT2D eigenvalue weighted by Crippen LogP contribution is -2.34. The fraction of sp³-hybridized carbons (Fsp3) is 0.455. The molecular formula is C11H15BrFNO. The maximum atomic E-state index is 13.6. The van der Waals surface area contributed by atoms with Gasteiger partial charge in [-0.25, -0.2) is 4.39 Å². The van der Waals surface area contributed by atoms with Crippen LogP contribution in [0.4, 0.5) is 4.39 Å². The largest absolute Gasteiger partial charge is 0.495 e. The van der Waals surface area contributed by atoms with Gasteiger partial charge < -0.3 is 10.5 Å². The van der Waals surface area contributed by atoms with Gasteiger partial charge in [-0.1, -0.05) is 0 Å². The second kappa shape index (κ2) is 4.49. The maximum absolute atomic E-state index is 13.6. The van der Waals surface area contributed by atoms with E-state index >= 15 is 0 Å². The standard InChI is InChI=1S/C11H15BrFNO/c1-11(2,14)6-7-9(13)5-4-8(12)10(7)15-3/h4-5H,6,14H2,1-3H3. The minimum absolute atomic E-state index is 0.284. The summed E-state index contributed by atoms with van der Waals surface area (Å²) in [5.41, 5.74) is 5.92. The molecule has 0 aliphatic heterocycles. The maximum Gasteiger partial charge on any atom is 0.139 e. The average molecular weight is 276 g/mol. The van der Waals surface area contributed by atoms with Crippen molar-refractivity contribution in [2.45, 2.75) is 25.8 Å². The van der Waals surface area contributed by atoms with Gasteiger partial charge in [-0.2, -0.15) is 0 Å². The summed E-state index contributed by atoms with van der Waals surface area (Å²) in [5, 5.41) is 0. The number of hydrogen-bond donors (Lipinski definition) is 1. The van der Waals surface area contributed by atoms with Crippen molar-refractivity contribution in [3.8, 4) is 5.75 Å². The first kappa shape index (κ1) is 12.5. The highest BCUT2D eigenvalue weighted by Gasteiger charge is 2.20. The summed E-state index contributed by atoms with van der Waals surface area (Å²) >= 11 is 3.32. The monoisotopic (exact) mass is 275 g/mol. The smallest absolute Gasteiger partial charge is 0.139 e. The van der Waals surface area contributed by atoms with Gasteiger partial charge in [-0.3, -0.25) is 0 Å². The van der Waals surface area contributed by atoms with Gasteiger partial charge in [0.25, 0.3) is 0 Å². The molecule has 2 nitrogen and oxygen atoms in total. The predicted octanol–water partition coefficient (Wildman–Crippen LogP) is 2.88.